The fraction of sp³-hybridized carbons (Fsp3) is 0.0667. The van der Waals surface area contributed by atoms with Gasteiger partial charge < -0.3 is 0 Å². The molecule has 0 saturated carbocycles. The van der Waals surface area contributed by atoms with E-state index in [1.54, 1.807) is 4.68 Å². The third-order valence-corrected chi connectivity index (χ3v) is 3.61. The van der Waals surface area contributed by atoms with Crippen LogP contribution < -0.4 is 0 Å². The monoisotopic (exact) mass is 313 g/mol. The number of aryl methyl sites for hydroxylation is 1. The molecule has 3 nitrogen and oxygen atoms in total. The average Bonchev–Trinajstić information content (AvgIpc) is 2.89. The first-order valence-electron chi connectivity index (χ1n) is 5.98. The Hall–Kier alpha value is -1.94. The summed E-state index contributed by atoms with van der Waals surface area (Å²) < 4.78 is 2.77. The lowest BCUT2D eigenvalue weighted by Crippen LogP contribution is -1.95. The highest BCUT2D eigenvalue weighted by atomic mass is 79.9. The van der Waals surface area contributed by atoms with Crippen LogP contribution in [0.3, 0.4) is 0 Å². The number of benzene rings is 2. The fourth-order valence-corrected chi connectivity index (χ4v) is 2.34. The van der Waals surface area contributed by atoms with E-state index in [1.165, 1.54) is 5.56 Å². The number of rotatable bonds is 2. The van der Waals surface area contributed by atoms with Gasteiger partial charge in [-0.2, -0.15) is 0 Å². The van der Waals surface area contributed by atoms with Gasteiger partial charge in [0.25, 0.3) is 0 Å². The minimum Gasteiger partial charge on any atom is -0.219 e. The summed E-state index contributed by atoms with van der Waals surface area (Å²) in [5.41, 5.74) is 4.16. The Morgan fingerprint density at radius 3 is 2.47 bits per heavy atom. The van der Waals surface area contributed by atoms with Gasteiger partial charge in [0.15, 0.2) is 0 Å². The summed E-state index contributed by atoms with van der Waals surface area (Å²) in [5, 5.41) is 8.41. The molecule has 1 heterocycles. The quantitative estimate of drug-likeness (QED) is 0.715. The molecule has 3 rings (SSSR count). The summed E-state index contributed by atoms with van der Waals surface area (Å²) in [6, 6.07) is 16.2. The number of nitrogens with zero attached hydrogens (tertiary/aromatic N) is 3. The van der Waals surface area contributed by atoms with Gasteiger partial charge in [0.1, 0.15) is 5.69 Å². The van der Waals surface area contributed by atoms with Crippen LogP contribution in [0.1, 0.15) is 5.56 Å². The molecule has 1 aromatic heterocycles. The van der Waals surface area contributed by atoms with Crippen molar-refractivity contribution in [2.75, 3.05) is 0 Å². The van der Waals surface area contributed by atoms with Crippen molar-refractivity contribution in [2.24, 2.45) is 0 Å². The van der Waals surface area contributed by atoms with Crippen LogP contribution in [-0.2, 0) is 0 Å². The van der Waals surface area contributed by atoms with Gasteiger partial charge in [0.2, 0.25) is 0 Å². The van der Waals surface area contributed by atoms with Gasteiger partial charge in [0.05, 0.1) is 11.9 Å². The number of halogens is 1. The summed E-state index contributed by atoms with van der Waals surface area (Å²) in [6.07, 6.45) is 1.94. The Bertz CT molecular complexity index is 701. The minimum absolute atomic E-state index is 0.871. The standard InChI is InChI=1S/C15H12BrN3/c1-11-6-8-12(9-7-11)14-10-19(18-17-14)15-5-3-2-4-13(15)16/h2-10H,1H3. The lowest BCUT2D eigenvalue weighted by molar-refractivity contribution is 0.801. The van der Waals surface area contributed by atoms with Crippen LogP contribution in [0.2, 0.25) is 0 Å². The molecule has 0 amide bonds. The van der Waals surface area contributed by atoms with Crippen LogP contribution in [0, 0.1) is 6.92 Å². The first kappa shape index (κ1) is 12.1. The second-order valence-electron chi connectivity index (χ2n) is 4.37. The van der Waals surface area contributed by atoms with Crippen LogP contribution in [0.4, 0.5) is 0 Å². The molecule has 0 fully saturated rings. The topological polar surface area (TPSA) is 30.7 Å². The Balaban J connectivity index is 2.00. The van der Waals surface area contributed by atoms with Crippen molar-refractivity contribution in [3.63, 3.8) is 0 Å². The Labute approximate surface area is 120 Å². The molecule has 0 N–H and O–H groups in total. The van der Waals surface area contributed by atoms with Crippen molar-refractivity contribution in [2.45, 2.75) is 6.92 Å². The van der Waals surface area contributed by atoms with Crippen molar-refractivity contribution >= 4 is 15.9 Å². The first-order valence-corrected chi connectivity index (χ1v) is 6.77. The highest BCUT2D eigenvalue weighted by molar-refractivity contribution is 9.10. The molecule has 94 valence electrons. The Morgan fingerprint density at radius 2 is 1.74 bits per heavy atom. The van der Waals surface area contributed by atoms with Crippen molar-refractivity contribution in [3.8, 4) is 16.9 Å². The van der Waals surface area contributed by atoms with E-state index in [1.807, 2.05) is 30.5 Å². The molecule has 3 aromatic rings. The third-order valence-electron chi connectivity index (χ3n) is 2.94. The lowest BCUT2D eigenvalue weighted by atomic mass is 10.1. The number of para-hydroxylation sites is 1. The van der Waals surface area contributed by atoms with E-state index in [4.69, 9.17) is 0 Å². The van der Waals surface area contributed by atoms with Gasteiger partial charge in [-0.05, 0) is 35.0 Å². The van der Waals surface area contributed by atoms with Crippen LogP contribution in [0.25, 0.3) is 16.9 Å². The summed E-state index contributed by atoms with van der Waals surface area (Å²) in [6.45, 7) is 2.07. The summed E-state index contributed by atoms with van der Waals surface area (Å²) in [4.78, 5) is 0. The van der Waals surface area contributed by atoms with E-state index >= 15 is 0 Å². The van der Waals surface area contributed by atoms with E-state index < -0.39 is 0 Å². The van der Waals surface area contributed by atoms with E-state index in [9.17, 15) is 0 Å². The van der Waals surface area contributed by atoms with Crippen LogP contribution in [0.5, 0.6) is 0 Å². The van der Waals surface area contributed by atoms with E-state index in [0.717, 1.165) is 21.4 Å². The molecule has 19 heavy (non-hydrogen) atoms. The Morgan fingerprint density at radius 1 is 1.00 bits per heavy atom. The summed E-state index contributed by atoms with van der Waals surface area (Å²) >= 11 is 3.52. The van der Waals surface area contributed by atoms with Crippen molar-refractivity contribution in [3.05, 3.63) is 64.8 Å². The highest BCUT2D eigenvalue weighted by Gasteiger charge is 2.07. The smallest absolute Gasteiger partial charge is 0.113 e. The van der Waals surface area contributed by atoms with Crippen LogP contribution in [-0.4, -0.2) is 15.0 Å². The molecule has 0 saturated heterocycles. The van der Waals surface area contributed by atoms with Crippen molar-refractivity contribution in [1.82, 2.24) is 15.0 Å². The maximum Gasteiger partial charge on any atom is 0.113 e. The van der Waals surface area contributed by atoms with Crippen LogP contribution in [0.15, 0.2) is 59.2 Å². The second-order valence-corrected chi connectivity index (χ2v) is 5.22. The van der Waals surface area contributed by atoms with E-state index in [0.29, 0.717) is 0 Å². The maximum absolute atomic E-state index is 4.23. The zero-order valence-corrected chi connectivity index (χ0v) is 12.0. The number of hydrogen-bond acceptors (Lipinski definition) is 2. The molecule has 0 radical (unpaired) electrons. The van der Waals surface area contributed by atoms with Gasteiger partial charge in [0, 0.05) is 10.0 Å². The largest absolute Gasteiger partial charge is 0.219 e. The molecule has 0 unspecified atom stereocenters. The summed E-state index contributed by atoms with van der Waals surface area (Å²) in [5.74, 6) is 0. The molecule has 0 aliphatic rings. The average molecular weight is 314 g/mol. The molecule has 0 atom stereocenters. The fourth-order valence-electron chi connectivity index (χ4n) is 1.88. The first-order chi connectivity index (χ1) is 9.24. The van der Waals surface area contributed by atoms with Crippen molar-refractivity contribution < 1.29 is 0 Å². The predicted octanol–water partition coefficient (Wildman–Crippen LogP) is 4.01. The van der Waals surface area contributed by atoms with Gasteiger partial charge in [-0.25, -0.2) is 4.68 Å². The maximum atomic E-state index is 4.23. The number of aromatic nitrogens is 3. The molecule has 0 bridgehead atoms. The minimum atomic E-state index is 0.871. The Kier molecular flexibility index (Phi) is 3.17. The van der Waals surface area contributed by atoms with Crippen LogP contribution >= 0.6 is 15.9 Å². The molecule has 4 heteroatoms. The van der Waals surface area contributed by atoms with Gasteiger partial charge in [-0.1, -0.05) is 47.2 Å². The van der Waals surface area contributed by atoms with Gasteiger partial charge in [-0.15, -0.1) is 5.10 Å². The van der Waals surface area contributed by atoms with Gasteiger partial charge >= 0.3 is 0 Å². The molecule has 0 aliphatic heterocycles. The number of hydrogen-bond donors (Lipinski definition) is 0. The second kappa shape index (κ2) is 4.97. The molecule has 0 aliphatic carbocycles. The third kappa shape index (κ3) is 2.44. The normalized spacial score (nSPS) is 10.6. The molecule has 0 spiro atoms. The van der Waals surface area contributed by atoms with E-state index in [2.05, 4.69) is 57.4 Å². The molecule has 2 aromatic carbocycles. The highest BCUT2D eigenvalue weighted by Crippen LogP contribution is 2.22. The lowest BCUT2D eigenvalue weighted by Gasteiger charge is -2.01. The zero-order valence-electron chi connectivity index (χ0n) is 10.4. The van der Waals surface area contributed by atoms with Gasteiger partial charge in [-0.3, -0.25) is 0 Å². The van der Waals surface area contributed by atoms with Crippen molar-refractivity contribution in [1.29, 1.82) is 0 Å². The van der Waals surface area contributed by atoms with E-state index in [-0.39, 0.29) is 0 Å². The summed E-state index contributed by atoms with van der Waals surface area (Å²) in [7, 11) is 0. The molecular weight excluding hydrogens is 302 g/mol. The zero-order chi connectivity index (χ0) is 13.2. The predicted molar refractivity (Wildman–Crippen MR) is 79.2 cm³/mol. The SMILES string of the molecule is Cc1ccc(-c2cn(-c3ccccc3Br)nn2)cc1. The molecular formula is C15H12BrN3.